The molecule has 7 heteroatoms. The highest BCUT2D eigenvalue weighted by Crippen LogP contribution is 2.21. The molecular weight excluding hydrogens is 254 g/mol. The van der Waals surface area contributed by atoms with Gasteiger partial charge in [-0.25, -0.2) is 4.79 Å². The number of carbonyl (C=O) groups is 2. The van der Waals surface area contributed by atoms with Crippen molar-refractivity contribution in [3.8, 4) is 11.5 Å². The number of amides is 1. The molecular formula is C12H15NO6. The fourth-order valence-electron chi connectivity index (χ4n) is 1.43. The fraction of sp³-hybridized carbons (Fsp3) is 0.333. The topological polar surface area (TPSA) is 116 Å². The van der Waals surface area contributed by atoms with Crippen LogP contribution in [-0.4, -0.2) is 47.0 Å². The quantitative estimate of drug-likeness (QED) is 0.553. The molecule has 1 rings (SSSR count). The SMILES string of the molecule is COCCC(NC(=O)c1cc(O)ccc1O)C(=O)O. The second-order valence-electron chi connectivity index (χ2n) is 3.85. The smallest absolute Gasteiger partial charge is 0.326 e. The summed E-state index contributed by atoms with van der Waals surface area (Å²) in [5, 5.41) is 29.9. The number of aliphatic carboxylic acids is 1. The van der Waals surface area contributed by atoms with Gasteiger partial charge in [-0.1, -0.05) is 0 Å². The molecule has 0 aromatic heterocycles. The van der Waals surface area contributed by atoms with Gasteiger partial charge < -0.3 is 25.4 Å². The summed E-state index contributed by atoms with van der Waals surface area (Å²) in [6, 6.07) is 2.29. The first-order valence-corrected chi connectivity index (χ1v) is 5.50. The van der Waals surface area contributed by atoms with E-state index in [1.165, 1.54) is 13.2 Å². The van der Waals surface area contributed by atoms with Crippen molar-refractivity contribution < 1.29 is 29.6 Å². The molecule has 0 saturated carbocycles. The number of benzene rings is 1. The summed E-state index contributed by atoms with van der Waals surface area (Å²) in [6.45, 7) is 0.170. The molecule has 0 saturated heterocycles. The average molecular weight is 269 g/mol. The number of ether oxygens (including phenoxy) is 1. The maximum atomic E-state index is 11.8. The number of carboxylic acid groups (broad SMARTS) is 1. The van der Waals surface area contributed by atoms with Crippen molar-refractivity contribution in [2.45, 2.75) is 12.5 Å². The van der Waals surface area contributed by atoms with E-state index in [9.17, 15) is 19.8 Å². The third kappa shape index (κ3) is 4.14. The van der Waals surface area contributed by atoms with Crippen LogP contribution >= 0.6 is 0 Å². The van der Waals surface area contributed by atoms with E-state index < -0.39 is 17.9 Å². The van der Waals surface area contributed by atoms with E-state index in [2.05, 4.69) is 5.32 Å². The number of nitrogens with one attached hydrogen (secondary N) is 1. The Bertz CT molecular complexity index is 473. The van der Waals surface area contributed by atoms with Crippen LogP contribution in [0.4, 0.5) is 0 Å². The number of carbonyl (C=O) groups excluding carboxylic acids is 1. The number of phenolic OH excluding ortho intramolecular Hbond substituents is 2. The molecule has 0 aliphatic rings. The van der Waals surface area contributed by atoms with Crippen molar-refractivity contribution in [2.75, 3.05) is 13.7 Å². The lowest BCUT2D eigenvalue weighted by atomic mass is 10.1. The van der Waals surface area contributed by atoms with E-state index >= 15 is 0 Å². The summed E-state index contributed by atoms with van der Waals surface area (Å²) < 4.78 is 4.75. The van der Waals surface area contributed by atoms with E-state index in [0.717, 1.165) is 12.1 Å². The minimum Gasteiger partial charge on any atom is -0.508 e. The Morgan fingerprint density at radius 3 is 2.63 bits per heavy atom. The van der Waals surface area contributed by atoms with Crippen LogP contribution in [0.2, 0.25) is 0 Å². The van der Waals surface area contributed by atoms with Gasteiger partial charge in [0.1, 0.15) is 17.5 Å². The van der Waals surface area contributed by atoms with Gasteiger partial charge in [-0.3, -0.25) is 4.79 Å². The molecule has 0 spiro atoms. The predicted octanol–water partition coefficient (Wildman–Crippen LogP) is 0.317. The van der Waals surface area contributed by atoms with Crippen LogP contribution in [0, 0.1) is 0 Å². The second-order valence-corrected chi connectivity index (χ2v) is 3.85. The highest BCUT2D eigenvalue weighted by molar-refractivity contribution is 5.99. The molecule has 0 radical (unpaired) electrons. The Hall–Kier alpha value is -2.28. The van der Waals surface area contributed by atoms with Gasteiger partial charge in [-0.2, -0.15) is 0 Å². The van der Waals surface area contributed by atoms with Crippen molar-refractivity contribution >= 4 is 11.9 Å². The third-order valence-electron chi connectivity index (χ3n) is 2.44. The minimum atomic E-state index is -1.20. The highest BCUT2D eigenvalue weighted by atomic mass is 16.5. The Balaban J connectivity index is 2.81. The number of methoxy groups -OCH3 is 1. The Morgan fingerprint density at radius 2 is 2.05 bits per heavy atom. The number of carboxylic acids is 1. The van der Waals surface area contributed by atoms with Crippen LogP contribution in [0.25, 0.3) is 0 Å². The molecule has 0 heterocycles. The number of rotatable bonds is 6. The predicted molar refractivity (Wildman–Crippen MR) is 65.2 cm³/mol. The summed E-state index contributed by atoms with van der Waals surface area (Å²) in [5.74, 6) is -2.53. The maximum Gasteiger partial charge on any atom is 0.326 e. The van der Waals surface area contributed by atoms with Gasteiger partial charge in [0.25, 0.3) is 5.91 Å². The molecule has 4 N–H and O–H groups in total. The van der Waals surface area contributed by atoms with E-state index in [4.69, 9.17) is 9.84 Å². The molecule has 1 aromatic carbocycles. The molecule has 0 fully saturated rings. The van der Waals surface area contributed by atoms with E-state index in [0.29, 0.717) is 0 Å². The van der Waals surface area contributed by atoms with Gasteiger partial charge >= 0.3 is 5.97 Å². The van der Waals surface area contributed by atoms with Crippen molar-refractivity contribution in [1.29, 1.82) is 0 Å². The van der Waals surface area contributed by atoms with Crippen LogP contribution in [0.3, 0.4) is 0 Å². The first-order chi connectivity index (χ1) is 8.95. The normalized spacial score (nSPS) is 11.8. The molecule has 1 atom stereocenters. The summed E-state index contributed by atoms with van der Waals surface area (Å²) in [7, 11) is 1.42. The standard InChI is InChI=1S/C12H15NO6/c1-19-5-4-9(12(17)18)13-11(16)8-6-7(14)2-3-10(8)15/h2-3,6,9,14-15H,4-5H2,1H3,(H,13,16)(H,17,18). The van der Waals surface area contributed by atoms with Crippen molar-refractivity contribution in [1.82, 2.24) is 5.32 Å². The first-order valence-electron chi connectivity index (χ1n) is 5.50. The molecule has 0 aliphatic carbocycles. The molecule has 1 unspecified atom stereocenters. The molecule has 0 aliphatic heterocycles. The molecule has 7 nitrogen and oxygen atoms in total. The molecule has 19 heavy (non-hydrogen) atoms. The van der Waals surface area contributed by atoms with Gasteiger partial charge in [-0.15, -0.1) is 0 Å². The Kier molecular flexibility index (Phi) is 5.13. The van der Waals surface area contributed by atoms with Crippen LogP contribution < -0.4 is 5.32 Å². The van der Waals surface area contributed by atoms with E-state index in [1.54, 1.807) is 0 Å². The Labute approximate surface area is 109 Å². The monoisotopic (exact) mass is 269 g/mol. The summed E-state index contributed by atoms with van der Waals surface area (Å²) in [6.07, 6.45) is 0.0944. The molecule has 1 amide bonds. The van der Waals surface area contributed by atoms with Crippen molar-refractivity contribution in [3.05, 3.63) is 23.8 Å². The number of hydrogen-bond acceptors (Lipinski definition) is 5. The van der Waals surface area contributed by atoms with Crippen LogP contribution in [0.5, 0.6) is 11.5 Å². The largest absolute Gasteiger partial charge is 0.508 e. The average Bonchev–Trinajstić information content (AvgIpc) is 2.36. The number of hydrogen-bond donors (Lipinski definition) is 4. The minimum absolute atomic E-state index is 0.0944. The van der Waals surface area contributed by atoms with Gasteiger partial charge in [0, 0.05) is 20.1 Å². The zero-order chi connectivity index (χ0) is 14.4. The summed E-state index contributed by atoms with van der Waals surface area (Å²) in [4.78, 5) is 22.8. The van der Waals surface area contributed by atoms with Crippen molar-refractivity contribution in [2.24, 2.45) is 0 Å². The molecule has 104 valence electrons. The lowest BCUT2D eigenvalue weighted by Crippen LogP contribution is -2.41. The summed E-state index contributed by atoms with van der Waals surface area (Å²) in [5.41, 5.74) is -0.191. The van der Waals surface area contributed by atoms with Crippen LogP contribution in [-0.2, 0) is 9.53 Å². The number of phenols is 2. The Morgan fingerprint density at radius 1 is 1.37 bits per heavy atom. The maximum absolute atomic E-state index is 11.8. The van der Waals surface area contributed by atoms with Gasteiger partial charge in [0.2, 0.25) is 0 Å². The lowest BCUT2D eigenvalue weighted by molar-refractivity contribution is -0.139. The van der Waals surface area contributed by atoms with Gasteiger partial charge in [0.05, 0.1) is 5.56 Å². The van der Waals surface area contributed by atoms with Crippen LogP contribution in [0.15, 0.2) is 18.2 Å². The van der Waals surface area contributed by atoms with E-state index in [-0.39, 0.29) is 30.1 Å². The molecule has 1 aromatic rings. The zero-order valence-electron chi connectivity index (χ0n) is 10.3. The lowest BCUT2D eigenvalue weighted by Gasteiger charge is -2.14. The van der Waals surface area contributed by atoms with E-state index in [1.807, 2.05) is 0 Å². The third-order valence-corrected chi connectivity index (χ3v) is 2.44. The summed E-state index contributed by atoms with van der Waals surface area (Å²) >= 11 is 0. The number of aromatic hydroxyl groups is 2. The van der Waals surface area contributed by atoms with Crippen molar-refractivity contribution in [3.63, 3.8) is 0 Å². The molecule has 0 bridgehead atoms. The van der Waals surface area contributed by atoms with Crippen LogP contribution in [0.1, 0.15) is 16.8 Å². The first kappa shape index (κ1) is 14.8. The van der Waals surface area contributed by atoms with Gasteiger partial charge in [-0.05, 0) is 18.2 Å². The van der Waals surface area contributed by atoms with Gasteiger partial charge in [0.15, 0.2) is 0 Å². The fourth-order valence-corrected chi connectivity index (χ4v) is 1.43. The highest BCUT2D eigenvalue weighted by Gasteiger charge is 2.22. The second kappa shape index (κ2) is 6.60. The zero-order valence-corrected chi connectivity index (χ0v) is 10.3.